The average molecular weight is 477 g/mol. The molecule has 2 amide bonds. The minimum absolute atomic E-state index is 0.0475. The van der Waals surface area contributed by atoms with E-state index in [4.69, 9.17) is 4.74 Å². The molecule has 180 valence electrons. The Kier molecular flexibility index (Phi) is 7.40. The minimum atomic E-state index is -1.30. The van der Waals surface area contributed by atoms with Crippen molar-refractivity contribution in [1.82, 2.24) is 10.6 Å². The van der Waals surface area contributed by atoms with Crippen molar-refractivity contribution in [1.29, 1.82) is 0 Å². The first-order valence-corrected chi connectivity index (χ1v) is 11.3. The van der Waals surface area contributed by atoms with Crippen molar-refractivity contribution in [2.75, 3.05) is 13.2 Å². The smallest absolute Gasteiger partial charge is 0.407 e. The maximum Gasteiger partial charge on any atom is 0.407 e. The van der Waals surface area contributed by atoms with Crippen LogP contribution in [0.25, 0.3) is 11.1 Å². The van der Waals surface area contributed by atoms with Crippen molar-refractivity contribution >= 4 is 18.0 Å². The summed E-state index contributed by atoms with van der Waals surface area (Å²) in [5.74, 6) is -2.38. The second-order valence-corrected chi connectivity index (χ2v) is 8.29. The molecule has 3 N–H and O–H groups in total. The quantitative estimate of drug-likeness (QED) is 0.435. The van der Waals surface area contributed by atoms with Crippen molar-refractivity contribution in [3.63, 3.8) is 0 Å². The molecule has 1 aliphatic carbocycles. The van der Waals surface area contributed by atoms with Crippen LogP contribution in [0.2, 0.25) is 0 Å². The van der Waals surface area contributed by atoms with Crippen molar-refractivity contribution in [2.24, 2.45) is 0 Å². The van der Waals surface area contributed by atoms with Crippen LogP contribution < -0.4 is 10.6 Å². The van der Waals surface area contributed by atoms with E-state index in [0.29, 0.717) is 6.42 Å². The molecule has 3 aromatic rings. The number of aliphatic carboxylic acids is 1. The first-order chi connectivity index (χ1) is 16.9. The van der Waals surface area contributed by atoms with Gasteiger partial charge in [-0.2, -0.15) is 0 Å². The summed E-state index contributed by atoms with van der Waals surface area (Å²) in [5, 5.41) is 14.2. The lowest BCUT2D eigenvalue weighted by Crippen LogP contribution is -2.48. The molecular formula is C27H25FN2O5. The Bertz CT molecular complexity index is 1180. The summed E-state index contributed by atoms with van der Waals surface area (Å²) >= 11 is 0. The highest BCUT2D eigenvalue weighted by Crippen LogP contribution is 2.44. The molecule has 0 heterocycles. The molecule has 8 heteroatoms. The average Bonchev–Trinajstić information content (AvgIpc) is 3.17. The number of hydrogen-bond acceptors (Lipinski definition) is 4. The van der Waals surface area contributed by atoms with Crippen molar-refractivity contribution in [2.45, 2.75) is 24.8 Å². The van der Waals surface area contributed by atoms with Crippen LogP contribution in [-0.4, -0.2) is 42.3 Å². The Balaban J connectivity index is 1.34. The van der Waals surface area contributed by atoms with Gasteiger partial charge in [-0.25, -0.2) is 9.18 Å². The normalized spacial score (nSPS) is 12.8. The number of carbonyl (C=O) groups excluding carboxylic acids is 2. The third-order valence-corrected chi connectivity index (χ3v) is 5.96. The van der Waals surface area contributed by atoms with Crippen LogP contribution in [-0.2, 0) is 20.7 Å². The highest BCUT2D eigenvalue weighted by molar-refractivity contribution is 5.89. The highest BCUT2D eigenvalue weighted by atomic mass is 19.1. The molecule has 1 aliphatic rings. The summed E-state index contributed by atoms with van der Waals surface area (Å²) < 4.78 is 18.4. The highest BCUT2D eigenvalue weighted by Gasteiger charge is 2.30. The van der Waals surface area contributed by atoms with Gasteiger partial charge in [0.1, 0.15) is 18.5 Å². The van der Waals surface area contributed by atoms with Gasteiger partial charge in [0.05, 0.1) is 6.42 Å². The summed E-state index contributed by atoms with van der Waals surface area (Å²) in [6.07, 6.45) is -1.03. The Morgan fingerprint density at radius 1 is 0.914 bits per heavy atom. The molecule has 0 bridgehead atoms. The number of amides is 2. The topological polar surface area (TPSA) is 105 Å². The maximum absolute atomic E-state index is 13.0. The Morgan fingerprint density at radius 3 is 2.11 bits per heavy atom. The number of carboxylic acids is 1. The molecule has 0 aromatic heterocycles. The third-order valence-electron chi connectivity index (χ3n) is 5.96. The second kappa shape index (κ2) is 10.8. The van der Waals surface area contributed by atoms with E-state index in [-0.39, 0.29) is 24.9 Å². The fourth-order valence-corrected chi connectivity index (χ4v) is 4.27. The summed E-state index contributed by atoms with van der Waals surface area (Å²) in [7, 11) is 0. The largest absolute Gasteiger partial charge is 0.481 e. The van der Waals surface area contributed by atoms with Crippen LogP contribution in [0.4, 0.5) is 9.18 Å². The van der Waals surface area contributed by atoms with E-state index >= 15 is 0 Å². The molecule has 0 aliphatic heterocycles. The predicted octanol–water partition coefficient (Wildman–Crippen LogP) is 3.87. The van der Waals surface area contributed by atoms with Gasteiger partial charge >= 0.3 is 12.1 Å². The zero-order valence-corrected chi connectivity index (χ0v) is 18.9. The van der Waals surface area contributed by atoms with E-state index in [1.807, 2.05) is 48.5 Å². The third kappa shape index (κ3) is 5.84. The molecular weight excluding hydrogens is 451 g/mol. The van der Waals surface area contributed by atoms with Gasteiger partial charge in [-0.15, -0.1) is 0 Å². The monoisotopic (exact) mass is 476 g/mol. The fourth-order valence-electron chi connectivity index (χ4n) is 4.27. The number of nitrogens with one attached hydrogen (secondary N) is 2. The number of halogens is 1. The van der Waals surface area contributed by atoms with Crippen LogP contribution >= 0.6 is 0 Å². The molecule has 0 saturated heterocycles. The Hall–Kier alpha value is -4.20. The van der Waals surface area contributed by atoms with Gasteiger partial charge in [-0.05, 0) is 46.4 Å². The van der Waals surface area contributed by atoms with Crippen molar-refractivity contribution in [3.05, 3.63) is 95.3 Å². The molecule has 0 spiro atoms. The van der Waals surface area contributed by atoms with Gasteiger partial charge in [-0.1, -0.05) is 60.7 Å². The summed E-state index contributed by atoms with van der Waals surface area (Å²) in [6, 6.07) is 20.3. The van der Waals surface area contributed by atoms with Crippen LogP contribution in [0.3, 0.4) is 0 Å². The number of ether oxygens (including phenoxy) is 1. The van der Waals surface area contributed by atoms with Gasteiger partial charge in [0.25, 0.3) is 0 Å². The zero-order chi connectivity index (χ0) is 24.8. The number of hydrogen-bond donors (Lipinski definition) is 3. The number of fused-ring (bicyclic) bond motifs is 3. The first kappa shape index (κ1) is 23.9. The number of benzene rings is 3. The van der Waals surface area contributed by atoms with E-state index in [2.05, 4.69) is 10.6 Å². The van der Waals surface area contributed by atoms with E-state index < -0.39 is 30.4 Å². The van der Waals surface area contributed by atoms with E-state index in [9.17, 15) is 23.9 Å². The van der Waals surface area contributed by atoms with Crippen LogP contribution in [0.5, 0.6) is 0 Å². The van der Waals surface area contributed by atoms with Crippen molar-refractivity contribution in [3.8, 4) is 11.1 Å². The van der Waals surface area contributed by atoms with Gasteiger partial charge in [0.2, 0.25) is 5.91 Å². The standard InChI is InChI=1S/C27H25FN2O5/c28-18-11-9-17(10-12-18)13-14-29-26(33)24(15-25(31)32)30-27(34)35-16-23-21-7-3-1-5-19(21)20-6-2-4-8-22(20)23/h1-12,23-24H,13-16H2,(H,29,33)(H,30,34)(H,31,32). The summed E-state index contributed by atoms with van der Waals surface area (Å²) in [4.78, 5) is 36.3. The van der Waals surface area contributed by atoms with Gasteiger partial charge < -0.3 is 20.5 Å². The zero-order valence-electron chi connectivity index (χ0n) is 18.9. The molecule has 0 radical (unpaired) electrons. The SMILES string of the molecule is O=C(O)CC(NC(=O)OCC1c2ccccc2-c2ccccc21)C(=O)NCCc1ccc(F)cc1. The minimum Gasteiger partial charge on any atom is -0.481 e. The summed E-state index contributed by atoms with van der Waals surface area (Å²) in [6.45, 7) is 0.249. The molecule has 0 saturated carbocycles. The lowest BCUT2D eigenvalue weighted by molar-refractivity contribution is -0.139. The predicted molar refractivity (Wildman–Crippen MR) is 127 cm³/mol. The fraction of sp³-hybridized carbons (Fsp3) is 0.222. The first-order valence-electron chi connectivity index (χ1n) is 11.3. The molecule has 35 heavy (non-hydrogen) atoms. The number of carboxylic acid groups (broad SMARTS) is 1. The van der Waals surface area contributed by atoms with Crippen LogP contribution in [0.1, 0.15) is 29.0 Å². The van der Waals surface area contributed by atoms with Gasteiger partial charge in [-0.3, -0.25) is 9.59 Å². The molecule has 7 nitrogen and oxygen atoms in total. The van der Waals surface area contributed by atoms with E-state index in [0.717, 1.165) is 27.8 Å². The molecule has 3 aromatic carbocycles. The number of rotatable bonds is 9. The Labute approximate surface area is 201 Å². The Morgan fingerprint density at radius 2 is 1.51 bits per heavy atom. The maximum atomic E-state index is 13.0. The number of alkyl carbamates (subject to hydrolysis) is 1. The second-order valence-electron chi connectivity index (χ2n) is 8.29. The number of carbonyl (C=O) groups is 3. The molecule has 1 atom stereocenters. The van der Waals surface area contributed by atoms with Gasteiger partial charge in [0.15, 0.2) is 0 Å². The molecule has 4 rings (SSSR count). The summed E-state index contributed by atoms with van der Waals surface area (Å²) in [5.41, 5.74) is 5.07. The molecule has 1 unspecified atom stereocenters. The van der Waals surface area contributed by atoms with Crippen LogP contribution in [0, 0.1) is 5.82 Å². The van der Waals surface area contributed by atoms with Crippen LogP contribution in [0.15, 0.2) is 72.8 Å². The van der Waals surface area contributed by atoms with E-state index in [1.54, 1.807) is 12.1 Å². The lowest BCUT2D eigenvalue weighted by atomic mass is 9.98. The van der Waals surface area contributed by atoms with E-state index in [1.165, 1.54) is 12.1 Å². The molecule has 0 fully saturated rings. The van der Waals surface area contributed by atoms with Crippen molar-refractivity contribution < 1.29 is 28.6 Å². The van der Waals surface area contributed by atoms with Gasteiger partial charge in [0, 0.05) is 12.5 Å². The lowest BCUT2D eigenvalue weighted by Gasteiger charge is -2.18.